The normalized spacial score (nSPS) is 12.1. The number of nitrogens with two attached hydrogens (primary N) is 1. The summed E-state index contributed by atoms with van der Waals surface area (Å²) < 4.78 is 0.718. The van der Waals surface area contributed by atoms with E-state index in [1.54, 1.807) is 12.1 Å². The number of rotatable bonds is 4. The molecule has 0 bridgehead atoms. The predicted octanol–water partition coefficient (Wildman–Crippen LogP) is 3.86. The first-order valence-electron chi connectivity index (χ1n) is 5.62. The fraction of sp³-hybridized carbons (Fsp3) is 0.154. The molecule has 2 rings (SSSR count). The summed E-state index contributed by atoms with van der Waals surface area (Å²) >= 11 is 7.37. The van der Waals surface area contributed by atoms with Gasteiger partial charge in [-0.2, -0.15) is 0 Å². The number of carboxylic acid groups (broad SMARTS) is 1. The Bertz CT molecular complexity index is 612. The van der Waals surface area contributed by atoms with Gasteiger partial charge in [-0.15, -0.1) is 11.3 Å². The molecule has 1 heterocycles. The number of halogens is 1. The van der Waals surface area contributed by atoms with E-state index in [0.29, 0.717) is 5.69 Å². The number of aromatic carboxylic acids is 1. The van der Waals surface area contributed by atoms with Gasteiger partial charge in [0.2, 0.25) is 0 Å². The van der Waals surface area contributed by atoms with Crippen molar-refractivity contribution in [2.24, 2.45) is 0 Å². The summed E-state index contributed by atoms with van der Waals surface area (Å²) in [5, 5.41) is 12.2. The van der Waals surface area contributed by atoms with Crippen LogP contribution in [0.1, 0.15) is 28.2 Å². The quantitative estimate of drug-likeness (QED) is 0.749. The van der Waals surface area contributed by atoms with Crippen LogP contribution in [0.15, 0.2) is 30.3 Å². The van der Waals surface area contributed by atoms with Gasteiger partial charge in [0.25, 0.3) is 0 Å². The molecule has 0 fully saturated rings. The van der Waals surface area contributed by atoms with Crippen molar-refractivity contribution in [1.82, 2.24) is 0 Å². The van der Waals surface area contributed by atoms with Crippen LogP contribution in [0.4, 0.5) is 11.4 Å². The number of nitrogen functional groups attached to an aromatic ring is 1. The van der Waals surface area contributed by atoms with E-state index in [2.05, 4.69) is 5.32 Å². The summed E-state index contributed by atoms with van der Waals surface area (Å²) in [6.45, 7) is 1.97. The van der Waals surface area contributed by atoms with Crippen LogP contribution in [0, 0.1) is 0 Å². The largest absolute Gasteiger partial charge is 0.478 e. The molecule has 2 aromatic rings. The van der Waals surface area contributed by atoms with Crippen molar-refractivity contribution in [3.8, 4) is 0 Å². The molecular weight excluding hydrogens is 284 g/mol. The smallest absolute Gasteiger partial charge is 0.337 e. The molecule has 1 aromatic carbocycles. The molecule has 0 spiro atoms. The van der Waals surface area contributed by atoms with E-state index < -0.39 is 5.97 Å². The van der Waals surface area contributed by atoms with Crippen molar-refractivity contribution in [2.45, 2.75) is 13.0 Å². The summed E-state index contributed by atoms with van der Waals surface area (Å²) in [6, 6.07) is 8.67. The van der Waals surface area contributed by atoms with Crippen LogP contribution in [-0.4, -0.2) is 11.1 Å². The molecule has 0 radical (unpaired) electrons. The molecule has 0 aliphatic carbocycles. The first-order chi connectivity index (χ1) is 8.99. The molecule has 4 nitrogen and oxygen atoms in total. The van der Waals surface area contributed by atoms with E-state index in [-0.39, 0.29) is 17.3 Å². The van der Waals surface area contributed by atoms with E-state index in [4.69, 9.17) is 22.4 Å². The van der Waals surface area contributed by atoms with Gasteiger partial charge in [0.15, 0.2) is 0 Å². The van der Waals surface area contributed by atoms with Crippen LogP contribution >= 0.6 is 22.9 Å². The molecule has 100 valence electrons. The van der Waals surface area contributed by atoms with Crippen LogP contribution < -0.4 is 11.1 Å². The number of nitrogens with one attached hydrogen (secondary N) is 1. The molecule has 0 saturated carbocycles. The molecule has 6 heteroatoms. The molecule has 1 atom stereocenters. The Labute approximate surface area is 119 Å². The SMILES string of the molecule is CC(Nc1cccc(C(=O)O)c1N)c1ccc(Cl)s1. The van der Waals surface area contributed by atoms with Gasteiger partial charge in [-0.1, -0.05) is 17.7 Å². The maximum Gasteiger partial charge on any atom is 0.337 e. The highest BCUT2D eigenvalue weighted by Gasteiger charge is 2.14. The maximum absolute atomic E-state index is 11.0. The van der Waals surface area contributed by atoms with Crippen molar-refractivity contribution in [1.29, 1.82) is 0 Å². The Kier molecular flexibility index (Phi) is 3.97. The van der Waals surface area contributed by atoms with E-state index in [1.165, 1.54) is 17.4 Å². The minimum Gasteiger partial charge on any atom is -0.478 e. The van der Waals surface area contributed by atoms with E-state index in [9.17, 15) is 4.79 Å². The average molecular weight is 297 g/mol. The number of anilines is 2. The zero-order valence-electron chi connectivity index (χ0n) is 10.2. The average Bonchev–Trinajstić information content (AvgIpc) is 2.78. The third-order valence-corrected chi connectivity index (χ3v) is 4.14. The number of hydrogen-bond donors (Lipinski definition) is 3. The van der Waals surface area contributed by atoms with Gasteiger partial charge in [0.1, 0.15) is 0 Å². The third-order valence-electron chi connectivity index (χ3n) is 2.73. The number of thiophene rings is 1. The molecule has 0 aliphatic heterocycles. The number of hydrogen-bond acceptors (Lipinski definition) is 4. The molecule has 0 aliphatic rings. The predicted molar refractivity (Wildman–Crippen MR) is 79.2 cm³/mol. The number of carbonyl (C=O) groups is 1. The Balaban J connectivity index is 2.24. The molecule has 1 aromatic heterocycles. The first kappa shape index (κ1) is 13.7. The van der Waals surface area contributed by atoms with Gasteiger partial charge in [0.05, 0.1) is 27.3 Å². The molecule has 0 amide bonds. The summed E-state index contributed by atoms with van der Waals surface area (Å²) in [4.78, 5) is 12.1. The van der Waals surface area contributed by atoms with Gasteiger partial charge in [0, 0.05) is 4.88 Å². The number of benzene rings is 1. The van der Waals surface area contributed by atoms with Crippen LogP contribution in [0.3, 0.4) is 0 Å². The second kappa shape index (κ2) is 5.50. The standard InChI is InChI=1S/C13H13ClN2O2S/c1-7(10-5-6-11(14)19-10)16-9-4-2-3-8(12(9)15)13(17)18/h2-7,16H,15H2,1H3,(H,17,18). The van der Waals surface area contributed by atoms with Gasteiger partial charge >= 0.3 is 5.97 Å². The minimum atomic E-state index is -1.03. The summed E-state index contributed by atoms with van der Waals surface area (Å²) in [7, 11) is 0. The summed E-state index contributed by atoms with van der Waals surface area (Å²) in [5.74, 6) is -1.03. The minimum absolute atomic E-state index is 0.00356. The van der Waals surface area contributed by atoms with E-state index >= 15 is 0 Å². The lowest BCUT2D eigenvalue weighted by Crippen LogP contribution is -2.10. The van der Waals surface area contributed by atoms with Gasteiger partial charge < -0.3 is 16.2 Å². The van der Waals surface area contributed by atoms with Crippen LogP contribution in [0.5, 0.6) is 0 Å². The zero-order chi connectivity index (χ0) is 14.0. The highest BCUT2D eigenvalue weighted by Crippen LogP contribution is 2.31. The zero-order valence-corrected chi connectivity index (χ0v) is 11.8. The lowest BCUT2D eigenvalue weighted by molar-refractivity contribution is 0.0698. The third kappa shape index (κ3) is 3.00. The van der Waals surface area contributed by atoms with Crippen molar-refractivity contribution < 1.29 is 9.90 Å². The molecule has 4 N–H and O–H groups in total. The maximum atomic E-state index is 11.0. The van der Waals surface area contributed by atoms with Crippen LogP contribution in [0.25, 0.3) is 0 Å². The lowest BCUT2D eigenvalue weighted by atomic mass is 10.1. The van der Waals surface area contributed by atoms with Gasteiger partial charge in [-0.3, -0.25) is 0 Å². The van der Waals surface area contributed by atoms with Crippen LogP contribution in [0.2, 0.25) is 4.34 Å². The second-order valence-corrected chi connectivity index (χ2v) is 5.83. The number of para-hydroxylation sites is 1. The van der Waals surface area contributed by atoms with Crippen molar-refractivity contribution in [3.05, 3.63) is 45.1 Å². The summed E-state index contributed by atoms with van der Waals surface area (Å²) in [5.41, 5.74) is 6.80. The Morgan fingerprint density at radius 3 is 2.74 bits per heavy atom. The molecule has 0 saturated heterocycles. The second-order valence-electron chi connectivity index (χ2n) is 4.08. The monoisotopic (exact) mass is 296 g/mol. The number of carboxylic acids is 1. The van der Waals surface area contributed by atoms with Crippen molar-refractivity contribution >= 4 is 40.3 Å². The molecule has 1 unspecified atom stereocenters. The van der Waals surface area contributed by atoms with Crippen LogP contribution in [-0.2, 0) is 0 Å². The first-order valence-corrected chi connectivity index (χ1v) is 6.82. The Morgan fingerprint density at radius 1 is 1.42 bits per heavy atom. The molecular formula is C13H13ClN2O2S. The van der Waals surface area contributed by atoms with Crippen molar-refractivity contribution in [3.63, 3.8) is 0 Å². The fourth-order valence-corrected chi connectivity index (χ4v) is 2.81. The molecule has 19 heavy (non-hydrogen) atoms. The van der Waals surface area contributed by atoms with Crippen molar-refractivity contribution in [2.75, 3.05) is 11.1 Å². The van der Waals surface area contributed by atoms with E-state index in [1.807, 2.05) is 19.1 Å². The Hall–Kier alpha value is -1.72. The highest BCUT2D eigenvalue weighted by molar-refractivity contribution is 7.16. The van der Waals surface area contributed by atoms with E-state index in [0.717, 1.165) is 9.21 Å². The topological polar surface area (TPSA) is 75.3 Å². The lowest BCUT2D eigenvalue weighted by Gasteiger charge is -2.16. The van der Waals surface area contributed by atoms with Gasteiger partial charge in [-0.05, 0) is 31.2 Å². The Morgan fingerprint density at radius 2 is 2.16 bits per heavy atom. The van der Waals surface area contributed by atoms with Gasteiger partial charge in [-0.25, -0.2) is 4.79 Å². The highest BCUT2D eigenvalue weighted by atomic mass is 35.5. The summed E-state index contributed by atoms with van der Waals surface area (Å²) in [6.07, 6.45) is 0. The fourth-order valence-electron chi connectivity index (χ4n) is 1.74.